The van der Waals surface area contributed by atoms with Gasteiger partial charge < -0.3 is 14.3 Å². The lowest BCUT2D eigenvalue weighted by Gasteiger charge is -2.13. The third kappa shape index (κ3) is 2.47. The first kappa shape index (κ1) is 16.1. The summed E-state index contributed by atoms with van der Waals surface area (Å²) in [6, 6.07) is 15.5. The van der Waals surface area contributed by atoms with Gasteiger partial charge >= 0.3 is 0 Å². The third-order valence-corrected chi connectivity index (χ3v) is 4.56. The molecular weight excluding hydrogens is 328 g/mol. The van der Waals surface area contributed by atoms with Crippen molar-refractivity contribution in [2.24, 2.45) is 0 Å². The normalized spacial score (nSPS) is 11.2. The highest BCUT2D eigenvalue weighted by molar-refractivity contribution is 6.09. The van der Waals surface area contributed by atoms with Gasteiger partial charge in [-0.1, -0.05) is 42.5 Å². The summed E-state index contributed by atoms with van der Waals surface area (Å²) in [5, 5.41) is 13.3. The van der Waals surface area contributed by atoms with E-state index in [1.807, 2.05) is 44.2 Å². The first-order valence-electron chi connectivity index (χ1n) is 8.24. The Bertz CT molecular complexity index is 1240. The fourth-order valence-corrected chi connectivity index (χ4v) is 3.51. The van der Waals surface area contributed by atoms with E-state index >= 15 is 0 Å². The third-order valence-electron chi connectivity index (χ3n) is 4.56. The molecule has 0 spiro atoms. The highest BCUT2D eigenvalue weighted by atomic mass is 16.4. The highest BCUT2D eigenvalue weighted by Gasteiger charge is 2.14. The molecule has 0 fully saturated rings. The van der Waals surface area contributed by atoms with Crippen LogP contribution in [0.1, 0.15) is 21.5 Å². The van der Waals surface area contributed by atoms with Crippen molar-refractivity contribution >= 4 is 27.7 Å². The Balaban J connectivity index is 2.11. The molecule has 0 atom stereocenters. The van der Waals surface area contributed by atoms with Crippen molar-refractivity contribution in [3.05, 3.63) is 81.5 Å². The van der Waals surface area contributed by atoms with Gasteiger partial charge in [-0.15, -0.1) is 0 Å². The fraction of sp³-hybridized carbons (Fsp3) is 0.0909. The smallest absolute Gasteiger partial charge is 0.193 e. The summed E-state index contributed by atoms with van der Waals surface area (Å²) >= 11 is 0. The molecule has 0 unspecified atom stereocenters. The maximum Gasteiger partial charge on any atom is 0.193 e. The van der Waals surface area contributed by atoms with Gasteiger partial charge in [0.2, 0.25) is 0 Å². The molecule has 0 amide bonds. The Morgan fingerprint density at radius 1 is 0.962 bits per heavy atom. The van der Waals surface area contributed by atoms with E-state index in [2.05, 4.69) is 0 Å². The Morgan fingerprint density at radius 3 is 2.42 bits per heavy atom. The zero-order valence-electron chi connectivity index (χ0n) is 14.3. The molecule has 4 rings (SSSR count). The highest BCUT2D eigenvalue weighted by Crippen LogP contribution is 2.32. The van der Waals surface area contributed by atoms with Crippen molar-refractivity contribution in [2.75, 3.05) is 0 Å². The predicted molar refractivity (Wildman–Crippen MR) is 99.2 cm³/mol. The minimum absolute atomic E-state index is 0.0706. The van der Waals surface area contributed by atoms with Gasteiger partial charge in [0.05, 0.1) is 11.4 Å². The van der Waals surface area contributed by atoms with Gasteiger partial charge in [0, 0.05) is 22.6 Å². The number of aryl methyl sites for hydroxylation is 2. The van der Waals surface area contributed by atoms with Crippen molar-refractivity contribution in [3.8, 4) is 11.3 Å². The number of aromatic carboxylic acids is 1. The Morgan fingerprint density at radius 2 is 1.69 bits per heavy atom. The first-order valence-corrected chi connectivity index (χ1v) is 8.24. The number of carboxylic acids is 1. The second kappa shape index (κ2) is 5.85. The second-order valence-electron chi connectivity index (χ2n) is 6.43. The lowest BCUT2D eigenvalue weighted by Crippen LogP contribution is -2.22. The summed E-state index contributed by atoms with van der Waals surface area (Å²) in [5.74, 6) is -0.926. The van der Waals surface area contributed by atoms with Gasteiger partial charge in [0.1, 0.15) is 11.3 Å². The van der Waals surface area contributed by atoms with E-state index in [1.54, 1.807) is 12.1 Å². The molecule has 0 radical (unpaired) electrons. The molecule has 4 heteroatoms. The second-order valence-corrected chi connectivity index (χ2v) is 6.43. The maximum atomic E-state index is 12.7. The minimum atomic E-state index is -1.27. The molecule has 0 bridgehead atoms. The van der Waals surface area contributed by atoms with E-state index in [9.17, 15) is 14.7 Å². The fourth-order valence-electron chi connectivity index (χ4n) is 3.51. The summed E-state index contributed by atoms with van der Waals surface area (Å²) in [4.78, 5) is 24.2. The standard InChI is InChI=1S/C22H16O4/c1-12-9-13(2)20-17(23)11-18(26-19(20)10-12)15-7-3-5-14-6-4-8-16(21(14)15)22(24)25/h3-11H,1-2H3,(H,24,25)/p-1. The van der Waals surface area contributed by atoms with Crippen molar-refractivity contribution < 1.29 is 14.3 Å². The van der Waals surface area contributed by atoms with Crippen LogP contribution in [0.5, 0.6) is 0 Å². The van der Waals surface area contributed by atoms with Crippen molar-refractivity contribution in [2.45, 2.75) is 13.8 Å². The molecule has 26 heavy (non-hydrogen) atoms. The summed E-state index contributed by atoms with van der Waals surface area (Å²) in [6.07, 6.45) is 0. The zero-order valence-corrected chi connectivity index (χ0v) is 14.3. The molecule has 0 aliphatic carbocycles. The van der Waals surface area contributed by atoms with Crippen LogP contribution in [-0.4, -0.2) is 5.97 Å². The molecule has 0 aliphatic heterocycles. The quantitative estimate of drug-likeness (QED) is 0.558. The van der Waals surface area contributed by atoms with Gasteiger partial charge in [-0.3, -0.25) is 4.79 Å². The summed E-state index contributed by atoms with van der Waals surface area (Å²) in [6.45, 7) is 3.81. The molecule has 0 saturated heterocycles. The number of carbonyl (C=O) groups is 1. The lowest BCUT2D eigenvalue weighted by molar-refractivity contribution is -0.254. The molecule has 128 valence electrons. The summed E-state index contributed by atoms with van der Waals surface area (Å²) in [7, 11) is 0. The molecular formula is C22H15O4-. The van der Waals surface area contributed by atoms with Crippen molar-refractivity contribution in [3.63, 3.8) is 0 Å². The molecule has 0 saturated carbocycles. The Hall–Kier alpha value is -3.40. The van der Waals surface area contributed by atoms with Crippen LogP contribution in [0.25, 0.3) is 33.1 Å². The Labute approximate surface area is 149 Å². The van der Waals surface area contributed by atoms with E-state index in [0.29, 0.717) is 27.7 Å². The maximum absolute atomic E-state index is 12.7. The monoisotopic (exact) mass is 343 g/mol. The van der Waals surface area contributed by atoms with Crippen LogP contribution >= 0.6 is 0 Å². The van der Waals surface area contributed by atoms with E-state index in [4.69, 9.17) is 4.42 Å². The van der Waals surface area contributed by atoms with Gasteiger partial charge in [-0.25, -0.2) is 0 Å². The van der Waals surface area contributed by atoms with Crippen molar-refractivity contribution in [1.82, 2.24) is 0 Å². The zero-order chi connectivity index (χ0) is 18.4. The average Bonchev–Trinajstić information content (AvgIpc) is 2.59. The summed E-state index contributed by atoms with van der Waals surface area (Å²) < 4.78 is 6.02. The molecule has 0 N–H and O–H groups in total. The number of hydrogen-bond acceptors (Lipinski definition) is 4. The average molecular weight is 343 g/mol. The molecule has 4 nitrogen and oxygen atoms in total. The number of fused-ring (bicyclic) bond motifs is 2. The largest absolute Gasteiger partial charge is 0.545 e. The number of hydrogen-bond donors (Lipinski definition) is 0. The van der Waals surface area contributed by atoms with Crippen molar-refractivity contribution in [1.29, 1.82) is 0 Å². The van der Waals surface area contributed by atoms with Crippen LogP contribution in [0.15, 0.2) is 63.8 Å². The van der Waals surface area contributed by atoms with Crippen LogP contribution in [-0.2, 0) is 0 Å². The van der Waals surface area contributed by atoms with Crippen LogP contribution in [0.3, 0.4) is 0 Å². The predicted octanol–water partition coefficient (Wildman–Crippen LogP) is 3.59. The van der Waals surface area contributed by atoms with E-state index < -0.39 is 5.97 Å². The molecule has 3 aromatic carbocycles. The van der Waals surface area contributed by atoms with Gasteiger partial charge in [0.25, 0.3) is 0 Å². The molecule has 4 aromatic rings. The number of rotatable bonds is 2. The molecule has 1 heterocycles. The minimum Gasteiger partial charge on any atom is -0.545 e. The van der Waals surface area contributed by atoms with Crippen LogP contribution < -0.4 is 10.5 Å². The molecule has 1 aromatic heterocycles. The number of carbonyl (C=O) groups excluding carboxylic acids is 1. The SMILES string of the molecule is Cc1cc(C)c2c(=O)cc(-c3cccc4cccc(C(=O)[O-])c34)oc2c1. The first-order chi connectivity index (χ1) is 12.5. The summed E-state index contributed by atoms with van der Waals surface area (Å²) in [5.41, 5.74) is 2.81. The number of benzene rings is 3. The van der Waals surface area contributed by atoms with Gasteiger partial charge in [-0.2, -0.15) is 0 Å². The topological polar surface area (TPSA) is 70.3 Å². The van der Waals surface area contributed by atoms with E-state index in [1.165, 1.54) is 12.1 Å². The van der Waals surface area contributed by atoms with Gasteiger partial charge in [0.15, 0.2) is 5.43 Å². The molecule has 0 aliphatic rings. The van der Waals surface area contributed by atoms with E-state index in [-0.39, 0.29) is 11.0 Å². The van der Waals surface area contributed by atoms with E-state index in [0.717, 1.165) is 16.5 Å². The Kier molecular flexibility index (Phi) is 3.62. The number of carboxylic acid groups (broad SMARTS) is 1. The van der Waals surface area contributed by atoms with Crippen LogP contribution in [0.4, 0.5) is 0 Å². The lowest BCUT2D eigenvalue weighted by atomic mass is 9.97. The van der Waals surface area contributed by atoms with Crippen LogP contribution in [0.2, 0.25) is 0 Å². The van der Waals surface area contributed by atoms with Gasteiger partial charge in [-0.05, 0) is 36.4 Å². The van der Waals surface area contributed by atoms with Crippen LogP contribution in [0, 0.1) is 13.8 Å².